The van der Waals surface area contributed by atoms with Gasteiger partial charge in [0.05, 0.1) is 23.7 Å². The first-order valence-electron chi connectivity index (χ1n) is 8.58. The second-order valence-corrected chi connectivity index (χ2v) is 9.87. The van der Waals surface area contributed by atoms with Crippen LogP contribution in [0.3, 0.4) is 0 Å². The molecule has 2 saturated carbocycles. The average Bonchev–Trinajstić information content (AvgIpc) is 3.08. The predicted octanol–water partition coefficient (Wildman–Crippen LogP) is 2.27. The maximum absolute atomic E-state index is 12.7. The zero-order valence-corrected chi connectivity index (χ0v) is 15.2. The van der Waals surface area contributed by atoms with Crippen molar-refractivity contribution in [2.24, 2.45) is 22.7 Å². The summed E-state index contributed by atoms with van der Waals surface area (Å²) >= 11 is 0. The average molecular weight is 383 g/mol. The zero-order chi connectivity index (χ0) is 18.7. The summed E-state index contributed by atoms with van der Waals surface area (Å²) in [5.41, 5.74) is -1.32. The summed E-state index contributed by atoms with van der Waals surface area (Å²) in [5, 5.41) is 2.66. The van der Waals surface area contributed by atoms with Crippen LogP contribution in [0, 0.1) is 22.7 Å². The molecule has 4 atom stereocenters. The van der Waals surface area contributed by atoms with E-state index in [4.69, 9.17) is 4.18 Å². The van der Waals surface area contributed by atoms with Gasteiger partial charge in [0.2, 0.25) is 0 Å². The second kappa shape index (κ2) is 5.92. The molecule has 0 radical (unpaired) electrons. The van der Waals surface area contributed by atoms with E-state index >= 15 is 0 Å². The molecule has 144 valence electrons. The molecule has 2 aliphatic carbocycles. The van der Waals surface area contributed by atoms with E-state index in [1.165, 1.54) is 0 Å². The van der Waals surface area contributed by atoms with Gasteiger partial charge in [0, 0.05) is 19.0 Å². The Morgan fingerprint density at radius 3 is 2.48 bits per heavy atom. The lowest BCUT2D eigenvalue weighted by Crippen LogP contribution is -2.43. The molecule has 1 saturated heterocycles. The van der Waals surface area contributed by atoms with Crippen molar-refractivity contribution in [1.29, 1.82) is 0 Å². The monoisotopic (exact) mass is 383 g/mol. The highest BCUT2D eigenvalue weighted by Crippen LogP contribution is 2.64. The minimum absolute atomic E-state index is 0.0305. The molecule has 1 heterocycles. The fourth-order valence-corrected chi connectivity index (χ4v) is 6.57. The Labute approximate surface area is 145 Å². The molecular formula is C16H24F3NO4S. The van der Waals surface area contributed by atoms with E-state index < -0.39 is 39.1 Å². The minimum atomic E-state index is -4.29. The van der Waals surface area contributed by atoms with E-state index in [1.54, 1.807) is 0 Å². The van der Waals surface area contributed by atoms with Crippen LogP contribution in [-0.2, 0) is 19.1 Å². The van der Waals surface area contributed by atoms with Crippen LogP contribution in [0.25, 0.3) is 0 Å². The summed E-state index contributed by atoms with van der Waals surface area (Å²) in [6, 6.07) is -0.650. The van der Waals surface area contributed by atoms with Crippen LogP contribution in [0.4, 0.5) is 13.2 Å². The number of alkyl halides is 3. The first-order chi connectivity index (χ1) is 11.4. The number of nitrogens with one attached hydrogen (secondary N) is 1. The maximum atomic E-state index is 12.7. The summed E-state index contributed by atoms with van der Waals surface area (Å²) in [7, 11) is -4.00. The van der Waals surface area contributed by atoms with Gasteiger partial charge >= 0.3 is 6.18 Å². The molecule has 0 aromatic rings. The molecule has 25 heavy (non-hydrogen) atoms. The van der Waals surface area contributed by atoms with Crippen molar-refractivity contribution in [2.75, 3.05) is 18.9 Å². The van der Waals surface area contributed by atoms with Crippen LogP contribution in [0.1, 0.15) is 39.5 Å². The van der Waals surface area contributed by atoms with Gasteiger partial charge in [-0.3, -0.25) is 8.98 Å². The molecule has 1 unspecified atom stereocenters. The maximum Gasteiger partial charge on any atom is 0.393 e. The standard InChI is InChI=1S/C16H24F3NO4S/c1-14(2)10-3-4-15(14,13(21)6-10)9-25(22,23)24-8-12-5-11(7-20-12)16(17,18)19/h10-12,20H,3-9H2,1-2H3/t10?,11-,12-,15+/m1/s1. The molecule has 0 aromatic heterocycles. The lowest BCUT2D eigenvalue weighted by atomic mass is 9.70. The molecule has 3 aliphatic rings. The van der Waals surface area contributed by atoms with Gasteiger partial charge in [0.15, 0.2) is 0 Å². The fraction of sp³-hybridized carbons (Fsp3) is 0.938. The molecule has 9 heteroatoms. The smallest absolute Gasteiger partial charge is 0.311 e. The van der Waals surface area contributed by atoms with Crippen LogP contribution in [0.2, 0.25) is 0 Å². The first-order valence-corrected chi connectivity index (χ1v) is 10.2. The number of Topliss-reactive ketones (excluding diaryl/α,β-unsaturated/α-hetero) is 1. The van der Waals surface area contributed by atoms with Crippen molar-refractivity contribution >= 4 is 15.9 Å². The van der Waals surface area contributed by atoms with Crippen molar-refractivity contribution in [2.45, 2.75) is 51.7 Å². The van der Waals surface area contributed by atoms with Gasteiger partial charge in [-0.2, -0.15) is 21.6 Å². The van der Waals surface area contributed by atoms with Crippen LogP contribution in [-0.4, -0.2) is 45.3 Å². The van der Waals surface area contributed by atoms with Gasteiger partial charge in [-0.25, -0.2) is 0 Å². The SMILES string of the molecule is CC1(C)C2CC[C@]1(CS(=O)(=O)OC[C@H]1C[C@@H](C(F)(F)F)CN1)C(=O)C2. The quantitative estimate of drug-likeness (QED) is 0.738. The number of hydrogen-bond acceptors (Lipinski definition) is 5. The van der Waals surface area contributed by atoms with Crippen molar-refractivity contribution < 1.29 is 30.6 Å². The largest absolute Gasteiger partial charge is 0.393 e. The molecular weight excluding hydrogens is 359 g/mol. The Bertz CT molecular complexity index is 661. The number of halogens is 3. The van der Waals surface area contributed by atoms with E-state index in [1.807, 2.05) is 13.8 Å². The minimum Gasteiger partial charge on any atom is -0.311 e. The van der Waals surface area contributed by atoms with Crippen LogP contribution < -0.4 is 5.32 Å². The second-order valence-electron chi connectivity index (χ2n) is 8.23. The van der Waals surface area contributed by atoms with Gasteiger partial charge in [-0.15, -0.1) is 0 Å². The van der Waals surface area contributed by atoms with E-state index in [0.717, 1.165) is 6.42 Å². The van der Waals surface area contributed by atoms with Crippen molar-refractivity contribution in [3.8, 4) is 0 Å². The number of carbonyl (C=O) groups is 1. The molecule has 0 aromatic carbocycles. The Balaban J connectivity index is 1.61. The molecule has 1 N–H and O–H groups in total. The third-order valence-corrected chi connectivity index (χ3v) is 8.04. The molecule has 0 amide bonds. The fourth-order valence-electron chi connectivity index (χ4n) is 4.83. The normalized spacial score (nSPS) is 37.8. The highest BCUT2D eigenvalue weighted by atomic mass is 32.2. The van der Waals surface area contributed by atoms with Crippen LogP contribution in [0.15, 0.2) is 0 Å². The summed E-state index contributed by atoms with van der Waals surface area (Å²) in [6.45, 7) is 3.30. The predicted molar refractivity (Wildman–Crippen MR) is 84.3 cm³/mol. The zero-order valence-electron chi connectivity index (χ0n) is 14.4. The number of carbonyl (C=O) groups excluding carboxylic acids is 1. The van der Waals surface area contributed by atoms with Gasteiger partial charge in [-0.05, 0) is 30.6 Å². The number of rotatable bonds is 5. The summed E-state index contributed by atoms with van der Waals surface area (Å²) in [4.78, 5) is 12.4. The Hall–Kier alpha value is -0.670. The Morgan fingerprint density at radius 1 is 1.32 bits per heavy atom. The van der Waals surface area contributed by atoms with Crippen LogP contribution in [0.5, 0.6) is 0 Å². The van der Waals surface area contributed by atoms with Gasteiger partial charge in [-0.1, -0.05) is 13.8 Å². The summed E-state index contributed by atoms with van der Waals surface area (Å²) in [6.07, 6.45) is -2.73. The van der Waals surface area contributed by atoms with Crippen molar-refractivity contribution in [1.82, 2.24) is 5.32 Å². The molecule has 3 rings (SSSR count). The third kappa shape index (κ3) is 3.23. The topological polar surface area (TPSA) is 72.5 Å². The van der Waals surface area contributed by atoms with E-state index in [2.05, 4.69) is 5.32 Å². The number of ketones is 1. The van der Waals surface area contributed by atoms with Gasteiger partial charge < -0.3 is 5.32 Å². The summed E-state index contributed by atoms with van der Waals surface area (Å²) in [5.74, 6) is -1.69. The molecule has 5 nitrogen and oxygen atoms in total. The number of fused-ring (bicyclic) bond motifs is 2. The van der Waals surface area contributed by atoms with Crippen LogP contribution >= 0.6 is 0 Å². The Kier molecular flexibility index (Phi) is 4.52. The van der Waals surface area contributed by atoms with E-state index in [-0.39, 0.29) is 37.0 Å². The van der Waals surface area contributed by atoms with Crippen molar-refractivity contribution in [3.05, 3.63) is 0 Å². The summed E-state index contributed by atoms with van der Waals surface area (Å²) < 4.78 is 67.9. The lowest BCUT2D eigenvalue weighted by Gasteiger charge is -2.35. The first kappa shape index (κ1) is 19.1. The molecule has 1 aliphatic heterocycles. The van der Waals surface area contributed by atoms with Gasteiger partial charge in [0.25, 0.3) is 10.1 Å². The van der Waals surface area contributed by atoms with Gasteiger partial charge in [0.1, 0.15) is 5.78 Å². The molecule has 3 fully saturated rings. The van der Waals surface area contributed by atoms with E-state index in [9.17, 15) is 26.4 Å². The van der Waals surface area contributed by atoms with E-state index in [0.29, 0.717) is 12.8 Å². The molecule has 0 spiro atoms. The highest BCUT2D eigenvalue weighted by Gasteiger charge is 2.65. The Morgan fingerprint density at radius 2 is 2.00 bits per heavy atom. The third-order valence-electron chi connectivity index (χ3n) is 6.70. The van der Waals surface area contributed by atoms with Crippen molar-refractivity contribution in [3.63, 3.8) is 0 Å². The number of hydrogen-bond donors (Lipinski definition) is 1. The molecule has 2 bridgehead atoms. The highest BCUT2D eigenvalue weighted by molar-refractivity contribution is 7.86. The lowest BCUT2D eigenvalue weighted by molar-refractivity contribution is -0.169.